The zero-order valence-electron chi connectivity index (χ0n) is 9.32. The highest BCUT2D eigenvalue weighted by molar-refractivity contribution is 6.30. The lowest BCUT2D eigenvalue weighted by molar-refractivity contribution is 0.215. The summed E-state index contributed by atoms with van der Waals surface area (Å²) < 4.78 is 13.6. The van der Waals surface area contributed by atoms with Crippen molar-refractivity contribution in [1.82, 2.24) is 0 Å². The highest BCUT2D eigenvalue weighted by atomic mass is 35.5. The molecule has 0 bridgehead atoms. The molecule has 17 heavy (non-hydrogen) atoms. The van der Waals surface area contributed by atoms with E-state index in [2.05, 4.69) is 0 Å². The third-order valence-corrected chi connectivity index (χ3v) is 2.85. The van der Waals surface area contributed by atoms with Gasteiger partial charge in [-0.05, 0) is 30.7 Å². The van der Waals surface area contributed by atoms with Crippen LogP contribution in [0.5, 0.6) is 0 Å². The van der Waals surface area contributed by atoms with E-state index in [1.54, 1.807) is 36.4 Å². The van der Waals surface area contributed by atoms with Gasteiger partial charge in [-0.1, -0.05) is 41.4 Å². The molecule has 0 heterocycles. The van der Waals surface area contributed by atoms with Crippen molar-refractivity contribution in [3.8, 4) is 0 Å². The van der Waals surface area contributed by atoms with Crippen molar-refractivity contribution in [3.05, 3.63) is 70.0 Å². The number of aliphatic hydroxyl groups excluding tert-OH is 1. The van der Waals surface area contributed by atoms with Gasteiger partial charge in [0.1, 0.15) is 11.9 Å². The fourth-order valence-corrected chi connectivity index (χ4v) is 1.93. The molecule has 0 aliphatic carbocycles. The zero-order chi connectivity index (χ0) is 12.4. The Morgan fingerprint density at radius 2 is 1.94 bits per heavy atom. The maximum Gasteiger partial charge on any atom is 0.129 e. The minimum absolute atomic E-state index is 0.271. The Morgan fingerprint density at radius 1 is 1.18 bits per heavy atom. The van der Waals surface area contributed by atoms with E-state index in [1.807, 2.05) is 6.92 Å². The fraction of sp³-hybridized carbons (Fsp3) is 0.143. The topological polar surface area (TPSA) is 20.2 Å². The summed E-state index contributed by atoms with van der Waals surface area (Å²) in [6, 6.07) is 11.5. The van der Waals surface area contributed by atoms with Gasteiger partial charge < -0.3 is 5.11 Å². The summed E-state index contributed by atoms with van der Waals surface area (Å²) in [5, 5.41) is 10.6. The average molecular weight is 251 g/mol. The van der Waals surface area contributed by atoms with E-state index in [1.165, 1.54) is 6.07 Å². The number of hydrogen-bond donors (Lipinski definition) is 1. The van der Waals surface area contributed by atoms with Crippen LogP contribution in [0.3, 0.4) is 0 Å². The Labute approximate surface area is 104 Å². The highest BCUT2D eigenvalue weighted by Gasteiger charge is 2.15. The van der Waals surface area contributed by atoms with Crippen molar-refractivity contribution < 1.29 is 9.50 Å². The second-order valence-corrected chi connectivity index (χ2v) is 4.42. The van der Waals surface area contributed by atoms with Crippen LogP contribution in [-0.2, 0) is 0 Å². The lowest BCUT2D eigenvalue weighted by Crippen LogP contribution is -2.03. The molecule has 1 N–H and O–H groups in total. The fourth-order valence-electron chi connectivity index (χ4n) is 1.73. The number of aliphatic hydroxyl groups is 1. The van der Waals surface area contributed by atoms with Crippen LogP contribution in [0.15, 0.2) is 42.5 Å². The van der Waals surface area contributed by atoms with Crippen molar-refractivity contribution >= 4 is 11.6 Å². The molecule has 0 spiro atoms. The minimum Gasteiger partial charge on any atom is -0.384 e. The van der Waals surface area contributed by atoms with Gasteiger partial charge in [0.15, 0.2) is 0 Å². The SMILES string of the molecule is Cc1ccc(F)c(C(O)c2cccc(Cl)c2)c1. The lowest BCUT2D eigenvalue weighted by atomic mass is 9.99. The Hall–Kier alpha value is -1.38. The van der Waals surface area contributed by atoms with Gasteiger partial charge in [0, 0.05) is 10.6 Å². The van der Waals surface area contributed by atoms with Crippen LogP contribution in [0.25, 0.3) is 0 Å². The summed E-state index contributed by atoms with van der Waals surface area (Å²) in [5.41, 5.74) is 1.76. The Bertz CT molecular complexity index is 539. The van der Waals surface area contributed by atoms with E-state index >= 15 is 0 Å². The monoisotopic (exact) mass is 250 g/mol. The van der Waals surface area contributed by atoms with Gasteiger partial charge in [-0.15, -0.1) is 0 Å². The number of aryl methyl sites for hydroxylation is 1. The quantitative estimate of drug-likeness (QED) is 0.858. The Kier molecular flexibility index (Phi) is 3.46. The van der Waals surface area contributed by atoms with Crippen LogP contribution < -0.4 is 0 Å². The van der Waals surface area contributed by atoms with E-state index in [9.17, 15) is 9.50 Å². The molecular weight excluding hydrogens is 239 g/mol. The Balaban J connectivity index is 2.43. The molecule has 0 saturated carbocycles. The second-order valence-electron chi connectivity index (χ2n) is 3.98. The minimum atomic E-state index is -0.992. The first-order valence-corrected chi connectivity index (χ1v) is 5.65. The molecule has 0 amide bonds. The molecule has 2 aromatic rings. The van der Waals surface area contributed by atoms with Crippen molar-refractivity contribution in [3.63, 3.8) is 0 Å². The lowest BCUT2D eigenvalue weighted by Gasteiger charge is -2.13. The molecule has 1 nitrogen and oxygen atoms in total. The van der Waals surface area contributed by atoms with E-state index < -0.39 is 11.9 Å². The van der Waals surface area contributed by atoms with Crippen molar-refractivity contribution in [2.45, 2.75) is 13.0 Å². The van der Waals surface area contributed by atoms with Gasteiger partial charge in [-0.2, -0.15) is 0 Å². The molecule has 3 heteroatoms. The zero-order valence-corrected chi connectivity index (χ0v) is 10.1. The second kappa shape index (κ2) is 4.86. The maximum absolute atomic E-state index is 13.6. The third-order valence-electron chi connectivity index (χ3n) is 2.61. The summed E-state index contributed by atoms with van der Waals surface area (Å²) in [6.45, 7) is 1.85. The molecule has 0 aliphatic heterocycles. The standard InChI is InChI=1S/C14H12ClFO/c1-9-5-6-13(16)12(7-9)14(17)10-3-2-4-11(15)8-10/h2-8,14,17H,1H3. The predicted molar refractivity (Wildman–Crippen MR) is 66.7 cm³/mol. The van der Waals surface area contributed by atoms with Crippen LogP contribution >= 0.6 is 11.6 Å². The van der Waals surface area contributed by atoms with Crippen LogP contribution in [0, 0.1) is 12.7 Å². The smallest absolute Gasteiger partial charge is 0.129 e. The first-order valence-electron chi connectivity index (χ1n) is 5.27. The van der Waals surface area contributed by atoms with E-state index in [4.69, 9.17) is 11.6 Å². The van der Waals surface area contributed by atoms with Crippen molar-refractivity contribution in [2.24, 2.45) is 0 Å². The molecule has 2 aromatic carbocycles. The van der Waals surface area contributed by atoms with Crippen LogP contribution in [0.2, 0.25) is 5.02 Å². The first-order chi connectivity index (χ1) is 8.08. The number of hydrogen-bond acceptors (Lipinski definition) is 1. The van der Waals surface area contributed by atoms with Crippen molar-refractivity contribution in [2.75, 3.05) is 0 Å². The van der Waals surface area contributed by atoms with Gasteiger partial charge in [0.05, 0.1) is 0 Å². The van der Waals surface area contributed by atoms with Gasteiger partial charge in [0.25, 0.3) is 0 Å². The van der Waals surface area contributed by atoms with Gasteiger partial charge in [-0.3, -0.25) is 0 Å². The molecule has 0 radical (unpaired) electrons. The molecule has 88 valence electrons. The van der Waals surface area contributed by atoms with E-state index in [0.29, 0.717) is 10.6 Å². The molecule has 2 rings (SSSR count). The van der Waals surface area contributed by atoms with Gasteiger partial charge >= 0.3 is 0 Å². The van der Waals surface area contributed by atoms with Gasteiger partial charge in [-0.25, -0.2) is 4.39 Å². The molecule has 0 fully saturated rings. The van der Waals surface area contributed by atoms with Crippen LogP contribution in [0.4, 0.5) is 4.39 Å². The average Bonchev–Trinajstić information content (AvgIpc) is 2.31. The van der Waals surface area contributed by atoms with Gasteiger partial charge in [0.2, 0.25) is 0 Å². The molecule has 1 atom stereocenters. The normalized spacial score (nSPS) is 12.5. The molecule has 0 aromatic heterocycles. The highest BCUT2D eigenvalue weighted by Crippen LogP contribution is 2.26. The Morgan fingerprint density at radius 3 is 2.65 bits per heavy atom. The van der Waals surface area contributed by atoms with Crippen LogP contribution in [0.1, 0.15) is 22.8 Å². The first kappa shape index (κ1) is 12.1. The van der Waals surface area contributed by atoms with E-state index in [-0.39, 0.29) is 5.56 Å². The van der Waals surface area contributed by atoms with Crippen LogP contribution in [-0.4, -0.2) is 5.11 Å². The molecular formula is C14H12ClFO. The molecule has 0 saturated heterocycles. The van der Waals surface area contributed by atoms with Crippen molar-refractivity contribution in [1.29, 1.82) is 0 Å². The summed E-state index contributed by atoms with van der Waals surface area (Å²) in [6.07, 6.45) is -0.992. The summed E-state index contributed by atoms with van der Waals surface area (Å²) >= 11 is 5.84. The third kappa shape index (κ3) is 2.65. The van der Waals surface area contributed by atoms with E-state index in [0.717, 1.165) is 5.56 Å². The largest absolute Gasteiger partial charge is 0.384 e. The molecule has 1 unspecified atom stereocenters. The summed E-state index contributed by atoms with van der Waals surface area (Å²) in [4.78, 5) is 0. The maximum atomic E-state index is 13.6. The summed E-state index contributed by atoms with van der Waals surface area (Å²) in [5.74, 6) is -0.414. The summed E-state index contributed by atoms with van der Waals surface area (Å²) in [7, 11) is 0. The number of benzene rings is 2. The number of halogens is 2. The molecule has 0 aliphatic rings. The number of rotatable bonds is 2. The predicted octanol–water partition coefficient (Wildman–Crippen LogP) is 3.87.